The number of aromatic nitrogens is 3. The van der Waals surface area contributed by atoms with Gasteiger partial charge in [-0.1, -0.05) is 0 Å². The summed E-state index contributed by atoms with van der Waals surface area (Å²) in [6.45, 7) is 6.99. The van der Waals surface area contributed by atoms with E-state index in [2.05, 4.69) is 15.0 Å². The molecule has 3 rings (SSSR count). The number of aryl methyl sites for hydroxylation is 3. The number of ether oxygens (including phenoxy) is 1. The lowest BCUT2D eigenvalue weighted by Gasteiger charge is -2.32. The highest BCUT2D eigenvalue weighted by molar-refractivity contribution is 7.11. The van der Waals surface area contributed by atoms with Gasteiger partial charge >= 0.3 is 0 Å². The molecule has 0 radical (unpaired) electrons. The number of hydrogen-bond donors (Lipinski definition) is 1. The largest absolute Gasteiger partial charge is 0.367 e. The van der Waals surface area contributed by atoms with Crippen LogP contribution in [0.5, 0.6) is 0 Å². The molecule has 1 aliphatic heterocycles. The average Bonchev–Trinajstić information content (AvgIpc) is 2.84. The Morgan fingerprint density at radius 1 is 1.42 bits per heavy atom. The van der Waals surface area contributed by atoms with E-state index >= 15 is 0 Å². The van der Waals surface area contributed by atoms with Crippen LogP contribution in [0.1, 0.15) is 33.2 Å². The van der Waals surface area contributed by atoms with E-state index in [1.807, 2.05) is 13.8 Å². The summed E-state index contributed by atoms with van der Waals surface area (Å²) < 4.78 is 5.70. The van der Waals surface area contributed by atoms with Gasteiger partial charge in [0, 0.05) is 23.2 Å². The van der Waals surface area contributed by atoms with Crippen LogP contribution in [0.2, 0.25) is 0 Å². The molecule has 1 fully saturated rings. The van der Waals surface area contributed by atoms with Gasteiger partial charge in [0.2, 0.25) is 5.91 Å². The van der Waals surface area contributed by atoms with Crippen LogP contribution < -0.4 is 5.56 Å². The predicted molar refractivity (Wildman–Crippen MR) is 90.2 cm³/mol. The van der Waals surface area contributed by atoms with E-state index < -0.39 is 6.10 Å². The van der Waals surface area contributed by atoms with Crippen molar-refractivity contribution in [3.8, 4) is 0 Å². The Morgan fingerprint density at radius 2 is 2.21 bits per heavy atom. The van der Waals surface area contributed by atoms with Gasteiger partial charge in [-0.05, 0) is 20.8 Å². The molecule has 8 heteroatoms. The minimum absolute atomic E-state index is 0.0463. The topological polar surface area (TPSA) is 88.2 Å². The number of thiazole rings is 1. The summed E-state index contributed by atoms with van der Waals surface area (Å²) >= 11 is 1.56. The van der Waals surface area contributed by atoms with Crippen LogP contribution in [0.15, 0.2) is 10.9 Å². The number of rotatable bonds is 3. The highest BCUT2D eigenvalue weighted by Crippen LogP contribution is 2.22. The minimum atomic E-state index is -0.403. The second-order valence-corrected chi connectivity index (χ2v) is 7.18. The Kier molecular flexibility index (Phi) is 4.77. The summed E-state index contributed by atoms with van der Waals surface area (Å²) in [4.78, 5) is 38.4. The summed E-state index contributed by atoms with van der Waals surface area (Å²) in [5, 5.41) is 0.969. The first-order valence-electron chi connectivity index (χ1n) is 7.82. The number of nitrogens with zero attached hydrogens (tertiary/aromatic N) is 3. The highest BCUT2D eigenvalue weighted by atomic mass is 32.1. The molecule has 2 aromatic heterocycles. The molecule has 7 nitrogen and oxygen atoms in total. The predicted octanol–water partition coefficient (Wildman–Crippen LogP) is 1.29. The van der Waals surface area contributed by atoms with Gasteiger partial charge in [-0.2, -0.15) is 0 Å². The van der Waals surface area contributed by atoms with Crippen LogP contribution in [0.3, 0.4) is 0 Å². The lowest BCUT2D eigenvalue weighted by Crippen LogP contribution is -2.43. The maximum atomic E-state index is 12.6. The van der Waals surface area contributed by atoms with E-state index in [0.717, 1.165) is 15.6 Å². The summed E-state index contributed by atoms with van der Waals surface area (Å²) in [6.07, 6.45) is -0.0541. The lowest BCUT2D eigenvalue weighted by molar-refractivity contribution is -0.138. The van der Waals surface area contributed by atoms with Crippen LogP contribution in [-0.4, -0.2) is 45.5 Å². The van der Waals surface area contributed by atoms with Crippen LogP contribution in [0, 0.1) is 20.8 Å². The van der Waals surface area contributed by atoms with Gasteiger partial charge in [0.1, 0.15) is 11.9 Å². The lowest BCUT2D eigenvalue weighted by atomic mass is 10.2. The summed E-state index contributed by atoms with van der Waals surface area (Å²) in [5.74, 6) is 0.521. The van der Waals surface area contributed by atoms with Crippen molar-refractivity contribution < 1.29 is 9.53 Å². The molecule has 1 saturated heterocycles. The Labute approximate surface area is 143 Å². The molecule has 24 heavy (non-hydrogen) atoms. The molecular weight excluding hydrogens is 328 g/mol. The molecule has 0 spiro atoms. The molecule has 1 amide bonds. The van der Waals surface area contributed by atoms with E-state index in [4.69, 9.17) is 4.74 Å². The second kappa shape index (κ2) is 6.82. The smallest absolute Gasteiger partial charge is 0.251 e. The van der Waals surface area contributed by atoms with Crippen molar-refractivity contribution in [2.24, 2.45) is 0 Å². The number of carbonyl (C=O) groups is 1. The van der Waals surface area contributed by atoms with Crippen LogP contribution in [0.25, 0.3) is 0 Å². The number of H-pyrrole nitrogens is 1. The zero-order valence-corrected chi connectivity index (χ0v) is 14.8. The Bertz CT molecular complexity index is 814. The van der Waals surface area contributed by atoms with Crippen LogP contribution in [-0.2, 0) is 16.0 Å². The van der Waals surface area contributed by atoms with Crippen molar-refractivity contribution in [2.45, 2.75) is 33.3 Å². The Morgan fingerprint density at radius 3 is 2.88 bits per heavy atom. The molecule has 0 aliphatic carbocycles. The van der Waals surface area contributed by atoms with E-state index in [-0.39, 0.29) is 11.5 Å². The quantitative estimate of drug-likeness (QED) is 0.903. The molecule has 1 atom stereocenters. The number of nitrogens with one attached hydrogen (secondary N) is 1. The van der Waals surface area contributed by atoms with E-state index in [0.29, 0.717) is 37.6 Å². The fraction of sp³-hybridized carbons (Fsp3) is 0.500. The maximum Gasteiger partial charge on any atom is 0.251 e. The summed E-state index contributed by atoms with van der Waals surface area (Å²) in [5.41, 5.74) is 1.34. The third-order valence-electron chi connectivity index (χ3n) is 3.92. The molecule has 2 aromatic rings. The first-order chi connectivity index (χ1) is 11.4. The fourth-order valence-electron chi connectivity index (χ4n) is 2.78. The van der Waals surface area contributed by atoms with Crippen molar-refractivity contribution >= 4 is 17.2 Å². The van der Waals surface area contributed by atoms with Gasteiger partial charge in [0.25, 0.3) is 5.56 Å². The van der Waals surface area contributed by atoms with Crippen molar-refractivity contribution in [3.63, 3.8) is 0 Å². The molecule has 0 unspecified atom stereocenters. The third kappa shape index (κ3) is 3.70. The summed E-state index contributed by atoms with van der Waals surface area (Å²) in [7, 11) is 0. The van der Waals surface area contributed by atoms with Crippen molar-refractivity contribution in [2.75, 3.05) is 19.7 Å². The fourth-order valence-corrected chi connectivity index (χ4v) is 3.71. The van der Waals surface area contributed by atoms with Gasteiger partial charge in [-0.15, -0.1) is 11.3 Å². The molecule has 0 saturated carbocycles. The monoisotopic (exact) mass is 348 g/mol. The Balaban J connectivity index is 1.72. The Hall–Kier alpha value is -2.06. The number of morpholine rings is 1. The third-order valence-corrected chi connectivity index (χ3v) is 5.00. The van der Waals surface area contributed by atoms with Gasteiger partial charge in [-0.3, -0.25) is 9.59 Å². The molecular formula is C16H20N4O3S. The van der Waals surface area contributed by atoms with Crippen molar-refractivity contribution in [3.05, 3.63) is 43.5 Å². The molecule has 1 aliphatic rings. The van der Waals surface area contributed by atoms with Gasteiger partial charge in [0.05, 0.1) is 30.3 Å². The minimum Gasteiger partial charge on any atom is -0.367 e. The molecule has 0 bridgehead atoms. The zero-order chi connectivity index (χ0) is 17.3. The molecule has 3 heterocycles. The van der Waals surface area contributed by atoms with Gasteiger partial charge < -0.3 is 14.6 Å². The maximum absolute atomic E-state index is 12.6. The first kappa shape index (κ1) is 16.8. The van der Waals surface area contributed by atoms with Crippen LogP contribution >= 0.6 is 11.3 Å². The van der Waals surface area contributed by atoms with Crippen molar-refractivity contribution in [1.29, 1.82) is 0 Å². The summed E-state index contributed by atoms with van der Waals surface area (Å²) in [6, 6.07) is 1.43. The number of carbonyl (C=O) groups excluding carboxylic acids is 1. The number of aromatic amines is 1. The highest BCUT2D eigenvalue weighted by Gasteiger charge is 2.27. The van der Waals surface area contributed by atoms with E-state index in [1.54, 1.807) is 23.2 Å². The first-order valence-corrected chi connectivity index (χ1v) is 8.64. The normalized spacial score (nSPS) is 18.0. The van der Waals surface area contributed by atoms with Gasteiger partial charge in [-0.25, -0.2) is 9.97 Å². The second-order valence-electron chi connectivity index (χ2n) is 5.89. The van der Waals surface area contributed by atoms with E-state index in [9.17, 15) is 9.59 Å². The van der Waals surface area contributed by atoms with Crippen molar-refractivity contribution in [1.82, 2.24) is 19.9 Å². The molecule has 1 N–H and O–H groups in total. The molecule has 0 aromatic carbocycles. The molecule has 128 valence electrons. The van der Waals surface area contributed by atoms with E-state index in [1.165, 1.54) is 6.07 Å². The number of hydrogen-bond acceptors (Lipinski definition) is 6. The SMILES string of the molecule is Cc1cc(=O)[nH]c([C@@H]2CN(C(=O)Cc3sc(C)nc3C)CCO2)n1. The standard InChI is InChI=1S/C16H20N4O3S/c1-9-6-14(21)19-16(17-9)12-8-20(4-5-23-12)15(22)7-13-10(2)18-11(3)24-13/h6,12H,4-5,7-8H2,1-3H3,(H,17,19,21)/t12-/m0/s1. The zero-order valence-electron chi connectivity index (χ0n) is 14.0. The average molecular weight is 348 g/mol. The van der Waals surface area contributed by atoms with Crippen LogP contribution in [0.4, 0.5) is 0 Å². The van der Waals surface area contributed by atoms with Gasteiger partial charge in [0.15, 0.2) is 0 Å². The number of amides is 1.